The van der Waals surface area contributed by atoms with E-state index in [1.807, 2.05) is 24.3 Å². The number of rotatable bonds is 16. The first kappa shape index (κ1) is 45.0. The molecule has 0 unspecified atom stereocenters. The summed E-state index contributed by atoms with van der Waals surface area (Å²) in [5.41, 5.74) is 7.71. The van der Waals surface area contributed by atoms with Gasteiger partial charge in [-0.2, -0.15) is 0 Å². The number of aliphatic carboxylic acids is 2. The van der Waals surface area contributed by atoms with Crippen LogP contribution < -0.4 is 10.2 Å². The molecule has 0 heterocycles. The van der Waals surface area contributed by atoms with Crippen LogP contribution in [0.4, 0.5) is 11.4 Å². The Balaban J connectivity index is 0.00000230. The summed E-state index contributed by atoms with van der Waals surface area (Å²) in [5, 5.41) is 39.6. The summed E-state index contributed by atoms with van der Waals surface area (Å²) in [4.78, 5) is 27.1. The molecule has 0 aliphatic rings. The van der Waals surface area contributed by atoms with Crippen LogP contribution in [0.5, 0.6) is 11.5 Å². The molecule has 9 heteroatoms. The van der Waals surface area contributed by atoms with Crippen molar-refractivity contribution in [3.8, 4) is 11.5 Å². The summed E-state index contributed by atoms with van der Waals surface area (Å²) < 4.78 is 0. The van der Waals surface area contributed by atoms with Crippen LogP contribution in [-0.2, 0) is 52.1 Å². The Bertz CT molecular complexity index is 1350. The van der Waals surface area contributed by atoms with Gasteiger partial charge in [-0.1, -0.05) is 65.5 Å². The zero-order chi connectivity index (χ0) is 35.9. The molecule has 1 radical (unpaired) electrons. The fourth-order valence-corrected chi connectivity index (χ4v) is 4.85. The van der Waals surface area contributed by atoms with Crippen molar-refractivity contribution in [2.75, 3.05) is 0 Å². The Kier molecular flexibility index (Phi) is 23.9. The minimum atomic E-state index is -1.08. The van der Waals surface area contributed by atoms with Crippen LogP contribution in [0, 0.1) is 0 Å². The van der Waals surface area contributed by atoms with Gasteiger partial charge in [0, 0.05) is 35.5 Å². The summed E-state index contributed by atoms with van der Waals surface area (Å²) in [5.74, 6) is -1.48. The molecule has 49 heavy (non-hydrogen) atoms. The van der Waals surface area contributed by atoms with Gasteiger partial charge in [0.25, 0.3) is 0 Å². The summed E-state index contributed by atoms with van der Waals surface area (Å²) in [6, 6.07) is 16.2. The predicted molar refractivity (Wildman–Crippen MR) is 193 cm³/mol. The number of hydrogen-bond acceptors (Lipinski definition) is 8. The third-order valence-corrected chi connectivity index (χ3v) is 7.35. The SMILES string of the molecule is CC(=O)[O-].CC(=O)[O-].CCCCc1cc(C=Nc2ccc(N=Cc3cc(CCCC)cc(CCCC)c3O)cc2)c(O)c(CCCC)c1.[Co+2]. The van der Waals surface area contributed by atoms with Crippen LogP contribution in [0.25, 0.3) is 0 Å². The Morgan fingerprint density at radius 3 is 1.16 bits per heavy atom. The predicted octanol–water partition coefficient (Wildman–Crippen LogP) is 7.48. The minimum absolute atomic E-state index is 0. The number of aryl methyl sites for hydroxylation is 4. The van der Waals surface area contributed by atoms with Gasteiger partial charge < -0.3 is 30.0 Å². The number of carbonyl (C=O) groups excluding carboxylic acids is 2. The molecule has 2 N–H and O–H groups in total. The van der Waals surface area contributed by atoms with Crippen LogP contribution in [0.3, 0.4) is 0 Å². The van der Waals surface area contributed by atoms with E-state index in [1.165, 1.54) is 11.1 Å². The van der Waals surface area contributed by atoms with Gasteiger partial charge in [-0.15, -0.1) is 0 Å². The molecule has 0 amide bonds. The van der Waals surface area contributed by atoms with Crippen LogP contribution in [0.2, 0.25) is 0 Å². The fraction of sp³-hybridized carbons (Fsp3) is 0.450. The second kappa shape index (κ2) is 26.0. The topological polar surface area (TPSA) is 145 Å². The van der Waals surface area contributed by atoms with Crippen molar-refractivity contribution in [1.29, 1.82) is 0 Å². The van der Waals surface area contributed by atoms with E-state index in [1.54, 1.807) is 12.4 Å². The van der Waals surface area contributed by atoms with E-state index in [2.05, 4.69) is 61.9 Å². The molecule has 0 aliphatic carbocycles. The number of benzene rings is 3. The maximum atomic E-state index is 10.9. The average molecular weight is 718 g/mol. The van der Waals surface area contributed by atoms with Gasteiger partial charge in [-0.05, 0) is 124 Å². The summed E-state index contributed by atoms with van der Waals surface area (Å²) in [6.45, 7) is 10.7. The number of aliphatic imine (C=N–C) groups is 2. The van der Waals surface area contributed by atoms with E-state index in [0.29, 0.717) is 11.5 Å². The normalized spacial score (nSPS) is 10.6. The first-order chi connectivity index (χ1) is 22.9. The van der Waals surface area contributed by atoms with Crippen molar-refractivity contribution in [2.24, 2.45) is 9.98 Å². The van der Waals surface area contributed by atoms with Gasteiger partial charge in [0.1, 0.15) is 11.5 Å². The third kappa shape index (κ3) is 19.0. The van der Waals surface area contributed by atoms with Crippen molar-refractivity contribution in [3.05, 3.63) is 81.9 Å². The summed E-state index contributed by atoms with van der Waals surface area (Å²) in [7, 11) is 0. The van der Waals surface area contributed by atoms with E-state index >= 15 is 0 Å². The molecule has 0 atom stereocenters. The molecular formula is C40H54CoN2O6. The van der Waals surface area contributed by atoms with Gasteiger partial charge in [0.05, 0.1) is 11.4 Å². The number of phenols is 2. The van der Waals surface area contributed by atoms with Crippen molar-refractivity contribution in [2.45, 2.75) is 119 Å². The van der Waals surface area contributed by atoms with Gasteiger partial charge in [-0.3, -0.25) is 9.98 Å². The van der Waals surface area contributed by atoms with Crippen molar-refractivity contribution < 1.29 is 46.8 Å². The van der Waals surface area contributed by atoms with E-state index in [4.69, 9.17) is 19.8 Å². The van der Waals surface area contributed by atoms with E-state index in [9.17, 15) is 10.2 Å². The third-order valence-electron chi connectivity index (χ3n) is 7.35. The monoisotopic (exact) mass is 717 g/mol. The second-order valence-electron chi connectivity index (χ2n) is 11.8. The Morgan fingerprint density at radius 1 is 0.592 bits per heavy atom. The molecule has 3 rings (SSSR count). The van der Waals surface area contributed by atoms with Gasteiger partial charge in [0.2, 0.25) is 0 Å². The maximum Gasteiger partial charge on any atom is 2.00 e. The van der Waals surface area contributed by atoms with E-state index in [-0.39, 0.29) is 16.8 Å². The Labute approximate surface area is 303 Å². The number of phenolic OH excluding ortho intramolecular Hbond substituents is 2. The second-order valence-corrected chi connectivity index (χ2v) is 11.8. The quantitative estimate of drug-likeness (QED) is 0.147. The number of carboxylic acid groups (broad SMARTS) is 2. The van der Waals surface area contributed by atoms with Crippen molar-refractivity contribution in [1.82, 2.24) is 0 Å². The van der Waals surface area contributed by atoms with Crippen LogP contribution in [0.15, 0.2) is 58.5 Å². The molecule has 269 valence electrons. The number of hydrogen-bond donors (Lipinski definition) is 2. The van der Waals surface area contributed by atoms with Gasteiger partial charge in [-0.25, -0.2) is 0 Å². The van der Waals surface area contributed by atoms with E-state index < -0.39 is 11.9 Å². The number of carbonyl (C=O) groups is 2. The molecule has 3 aromatic rings. The Hall–Kier alpha value is -3.95. The number of unbranched alkanes of at least 4 members (excludes halogenated alkanes) is 4. The Morgan fingerprint density at radius 2 is 0.878 bits per heavy atom. The molecular weight excluding hydrogens is 663 g/mol. The average Bonchev–Trinajstić information content (AvgIpc) is 3.04. The molecule has 0 aliphatic heterocycles. The zero-order valence-corrected chi connectivity index (χ0v) is 31.1. The number of aromatic hydroxyl groups is 2. The molecule has 0 fully saturated rings. The largest absolute Gasteiger partial charge is 2.00 e. The molecule has 3 aromatic carbocycles. The summed E-state index contributed by atoms with van der Waals surface area (Å²) in [6.07, 6.45) is 16.2. The van der Waals surface area contributed by atoms with Crippen LogP contribution >= 0.6 is 0 Å². The number of nitrogens with zero attached hydrogens (tertiary/aromatic N) is 2. The number of carboxylic acids is 2. The molecule has 0 saturated heterocycles. The molecule has 0 spiro atoms. The van der Waals surface area contributed by atoms with Crippen LogP contribution in [-0.4, -0.2) is 34.6 Å². The molecule has 0 aromatic heterocycles. The smallest absolute Gasteiger partial charge is 0.550 e. The molecule has 0 saturated carbocycles. The van der Waals surface area contributed by atoms with Crippen molar-refractivity contribution >= 4 is 35.7 Å². The van der Waals surface area contributed by atoms with E-state index in [0.717, 1.165) is 125 Å². The van der Waals surface area contributed by atoms with Crippen molar-refractivity contribution in [3.63, 3.8) is 0 Å². The first-order valence-electron chi connectivity index (χ1n) is 17.2. The van der Waals surface area contributed by atoms with Gasteiger partial charge >= 0.3 is 16.8 Å². The zero-order valence-electron chi connectivity index (χ0n) is 30.0. The summed E-state index contributed by atoms with van der Waals surface area (Å²) >= 11 is 0. The molecule has 0 bridgehead atoms. The van der Waals surface area contributed by atoms with Crippen LogP contribution in [0.1, 0.15) is 126 Å². The molecule has 8 nitrogen and oxygen atoms in total. The standard InChI is InChI=1S/C36H48N2O2.2C2H4O2.Co/c1-5-9-13-27-21-29(15-11-7-3)35(39)31(23-27)25-37-33-17-19-34(20-18-33)38-26-32-24-28(14-10-6-2)22-30(36(32)40)16-12-8-4;2*1-2(3)4;/h17-26,39-40H,5-16H2,1-4H3;2*1H3,(H,3,4);/q;;;+2/p-2. The fourth-order valence-electron chi connectivity index (χ4n) is 4.85. The maximum absolute atomic E-state index is 10.9. The minimum Gasteiger partial charge on any atom is -0.550 e. The first-order valence-corrected chi connectivity index (χ1v) is 17.2. The van der Waals surface area contributed by atoms with Gasteiger partial charge in [0.15, 0.2) is 0 Å².